The van der Waals surface area contributed by atoms with Crippen molar-refractivity contribution in [1.29, 1.82) is 0 Å². The molecule has 2 unspecified atom stereocenters. The number of benzene rings is 1. The normalized spacial score (nSPS) is 15.7. The zero-order chi connectivity index (χ0) is 15.4. The van der Waals surface area contributed by atoms with Crippen molar-refractivity contribution in [2.45, 2.75) is 31.1 Å². The van der Waals surface area contributed by atoms with E-state index in [4.69, 9.17) is 4.74 Å². The van der Waals surface area contributed by atoms with Crippen LogP contribution in [0.4, 0.5) is 0 Å². The fourth-order valence-corrected chi connectivity index (χ4v) is 2.56. The van der Waals surface area contributed by atoms with Crippen LogP contribution in [0, 0.1) is 0 Å². The van der Waals surface area contributed by atoms with E-state index in [1.165, 1.54) is 0 Å². The molecule has 2 atom stereocenters. The quantitative estimate of drug-likeness (QED) is 0.840. The molecule has 1 amide bonds. The van der Waals surface area contributed by atoms with Gasteiger partial charge < -0.3 is 15.2 Å². The highest BCUT2D eigenvalue weighted by Crippen LogP contribution is 2.28. The Labute approximate surface area is 128 Å². The standard InChI is InChI=1S/C15H19NO4S/c1-9(21-2)7-13(17)16-14(15(18)19)11-3-4-12-10(8-11)5-6-20-12/h3-4,8-9,14H,5-7H2,1-2H3,(H,16,17)(H,18,19). The van der Waals surface area contributed by atoms with Crippen LogP contribution in [0.1, 0.15) is 30.5 Å². The molecule has 1 aromatic rings. The molecule has 0 radical (unpaired) electrons. The first-order valence-corrected chi connectivity index (χ1v) is 8.10. The monoisotopic (exact) mass is 309 g/mol. The topological polar surface area (TPSA) is 75.6 Å². The number of carboxylic acid groups (broad SMARTS) is 1. The average Bonchev–Trinajstić information content (AvgIpc) is 2.91. The Balaban J connectivity index is 2.12. The zero-order valence-electron chi connectivity index (χ0n) is 12.1. The number of amides is 1. The minimum absolute atomic E-state index is 0.160. The summed E-state index contributed by atoms with van der Waals surface area (Å²) < 4.78 is 5.40. The second-order valence-electron chi connectivity index (χ2n) is 5.05. The number of thioether (sulfide) groups is 1. The van der Waals surface area contributed by atoms with Crippen LogP contribution in [0.25, 0.3) is 0 Å². The summed E-state index contributed by atoms with van der Waals surface area (Å²) in [5.74, 6) is -0.509. The minimum Gasteiger partial charge on any atom is -0.493 e. The molecule has 114 valence electrons. The molecule has 0 saturated heterocycles. The number of hydrogen-bond acceptors (Lipinski definition) is 4. The van der Waals surface area contributed by atoms with Gasteiger partial charge in [-0.3, -0.25) is 4.79 Å². The third kappa shape index (κ3) is 3.91. The molecule has 1 aliphatic heterocycles. The van der Waals surface area contributed by atoms with E-state index in [0.29, 0.717) is 18.6 Å². The van der Waals surface area contributed by atoms with E-state index in [1.54, 1.807) is 30.0 Å². The van der Waals surface area contributed by atoms with Gasteiger partial charge >= 0.3 is 5.97 Å². The SMILES string of the molecule is CSC(C)CC(=O)NC(C(=O)O)c1ccc2c(c1)CCO2. The number of nitrogens with one attached hydrogen (secondary N) is 1. The number of carbonyl (C=O) groups excluding carboxylic acids is 1. The van der Waals surface area contributed by atoms with Gasteiger partial charge in [0.2, 0.25) is 5.91 Å². The third-order valence-electron chi connectivity index (χ3n) is 3.47. The van der Waals surface area contributed by atoms with Crippen LogP contribution < -0.4 is 10.1 Å². The number of carbonyl (C=O) groups is 2. The van der Waals surface area contributed by atoms with E-state index < -0.39 is 12.0 Å². The second kappa shape index (κ2) is 6.85. The Morgan fingerprint density at radius 1 is 1.48 bits per heavy atom. The van der Waals surface area contributed by atoms with Gasteiger partial charge in [-0.25, -0.2) is 4.79 Å². The predicted octanol–water partition coefficient (Wildman–Crippen LogP) is 2.00. The lowest BCUT2D eigenvalue weighted by Gasteiger charge is -2.17. The molecule has 1 heterocycles. The summed E-state index contributed by atoms with van der Waals surface area (Å²) in [6.07, 6.45) is 3.00. The van der Waals surface area contributed by atoms with Crippen molar-refractivity contribution in [2.75, 3.05) is 12.9 Å². The summed E-state index contributed by atoms with van der Waals surface area (Å²) in [6.45, 7) is 2.56. The van der Waals surface area contributed by atoms with Crippen molar-refractivity contribution < 1.29 is 19.4 Å². The number of fused-ring (bicyclic) bond motifs is 1. The van der Waals surface area contributed by atoms with Crippen molar-refractivity contribution in [3.63, 3.8) is 0 Å². The molecule has 6 heteroatoms. The molecule has 0 aromatic heterocycles. The van der Waals surface area contributed by atoms with Crippen molar-refractivity contribution >= 4 is 23.6 Å². The number of carboxylic acids is 1. The first-order valence-electron chi connectivity index (χ1n) is 6.82. The van der Waals surface area contributed by atoms with E-state index in [9.17, 15) is 14.7 Å². The molecule has 0 spiro atoms. The van der Waals surface area contributed by atoms with Gasteiger partial charge in [-0.05, 0) is 29.5 Å². The largest absolute Gasteiger partial charge is 0.493 e. The summed E-state index contributed by atoms with van der Waals surface area (Å²) >= 11 is 1.58. The van der Waals surface area contributed by atoms with E-state index in [0.717, 1.165) is 17.7 Å². The van der Waals surface area contributed by atoms with Crippen LogP contribution in [-0.2, 0) is 16.0 Å². The molecule has 5 nitrogen and oxygen atoms in total. The molecule has 1 aliphatic rings. The fourth-order valence-electron chi connectivity index (χ4n) is 2.24. The smallest absolute Gasteiger partial charge is 0.330 e. The number of rotatable bonds is 6. The maximum absolute atomic E-state index is 11.9. The van der Waals surface area contributed by atoms with Gasteiger partial charge in [0.1, 0.15) is 5.75 Å². The molecule has 0 saturated carbocycles. The number of ether oxygens (including phenoxy) is 1. The van der Waals surface area contributed by atoms with Crippen molar-refractivity contribution in [1.82, 2.24) is 5.32 Å². The molecule has 2 N–H and O–H groups in total. The third-order valence-corrected chi connectivity index (χ3v) is 4.45. The fraction of sp³-hybridized carbons (Fsp3) is 0.467. The van der Waals surface area contributed by atoms with Gasteiger partial charge in [-0.2, -0.15) is 11.8 Å². The Bertz CT molecular complexity index is 546. The molecule has 0 fully saturated rings. The Hall–Kier alpha value is -1.69. The number of hydrogen-bond donors (Lipinski definition) is 2. The van der Waals surface area contributed by atoms with Crippen LogP contribution in [-0.4, -0.2) is 35.1 Å². The highest BCUT2D eigenvalue weighted by molar-refractivity contribution is 7.99. The minimum atomic E-state index is -1.06. The lowest BCUT2D eigenvalue weighted by atomic mass is 10.0. The zero-order valence-corrected chi connectivity index (χ0v) is 12.9. The maximum atomic E-state index is 11.9. The summed E-state index contributed by atoms with van der Waals surface area (Å²) in [7, 11) is 0. The lowest BCUT2D eigenvalue weighted by Crippen LogP contribution is -2.34. The highest BCUT2D eigenvalue weighted by atomic mass is 32.2. The van der Waals surface area contributed by atoms with Gasteiger partial charge in [0.15, 0.2) is 6.04 Å². The van der Waals surface area contributed by atoms with Crippen LogP contribution >= 0.6 is 11.8 Å². The lowest BCUT2D eigenvalue weighted by molar-refractivity contribution is -0.142. The van der Waals surface area contributed by atoms with E-state index in [1.807, 2.05) is 13.2 Å². The maximum Gasteiger partial charge on any atom is 0.330 e. The Morgan fingerprint density at radius 3 is 2.90 bits per heavy atom. The highest BCUT2D eigenvalue weighted by Gasteiger charge is 2.24. The summed E-state index contributed by atoms with van der Waals surface area (Å²) in [5, 5.41) is 12.1. The van der Waals surface area contributed by atoms with E-state index in [2.05, 4.69) is 5.32 Å². The summed E-state index contributed by atoms with van der Waals surface area (Å²) in [4.78, 5) is 23.4. The predicted molar refractivity (Wildman–Crippen MR) is 81.8 cm³/mol. The number of aliphatic carboxylic acids is 1. The summed E-state index contributed by atoms with van der Waals surface area (Å²) in [6, 6.07) is 4.25. The molecule has 21 heavy (non-hydrogen) atoms. The van der Waals surface area contributed by atoms with Gasteiger partial charge in [0.25, 0.3) is 0 Å². The molecular weight excluding hydrogens is 290 g/mol. The first kappa shape index (κ1) is 15.7. The Morgan fingerprint density at radius 2 is 2.24 bits per heavy atom. The molecule has 2 rings (SSSR count). The molecule has 1 aromatic carbocycles. The van der Waals surface area contributed by atoms with Crippen LogP contribution in [0.15, 0.2) is 18.2 Å². The van der Waals surface area contributed by atoms with Gasteiger partial charge in [0, 0.05) is 18.1 Å². The van der Waals surface area contributed by atoms with Crippen molar-refractivity contribution in [2.24, 2.45) is 0 Å². The Kier molecular flexibility index (Phi) is 5.12. The van der Waals surface area contributed by atoms with Crippen LogP contribution in [0.3, 0.4) is 0 Å². The molecule has 0 bridgehead atoms. The van der Waals surface area contributed by atoms with Gasteiger partial charge in [-0.15, -0.1) is 0 Å². The van der Waals surface area contributed by atoms with E-state index in [-0.39, 0.29) is 11.2 Å². The van der Waals surface area contributed by atoms with Crippen molar-refractivity contribution in [3.8, 4) is 5.75 Å². The molecular formula is C15H19NO4S. The van der Waals surface area contributed by atoms with Crippen LogP contribution in [0.5, 0.6) is 5.75 Å². The van der Waals surface area contributed by atoms with Gasteiger partial charge in [0.05, 0.1) is 6.61 Å². The van der Waals surface area contributed by atoms with Crippen LogP contribution in [0.2, 0.25) is 0 Å². The van der Waals surface area contributed by atoms with Crippen molar-refractivity contribution in [3.05, 3.63) is 29.3 Å². The molecule has 0 aliphatic carbocycles. The average molecular weight is 309 g/mol. The second-order valence-corrected chi connectivity index (χ2v) is 6.33. The first-order chi connectivity index (χ1) is 10.0. The van der Waals surface area contributed by atoms with Gasteiger partial charge in [-0.1, -0.05) is 13.0 Å². The summed E-state index contributed by atoms with van der Waals surface area (Å²) in [5.41, 5.74) is 1.57. The van der Waals surface area contributed by atoms with E-state index >= 15 is 0 Å².